The van der Waals surface area contributed by atoms with Gasteiger partial charge in [0.25, 0.3) is 10.0 Å². The molecule has 182 valence electrons. The van der Waals surface area contributed by atoms with Crippen LogP contribution in [0.2, 0.25) is 0 Å². The lowest BCUT2D eigenvalue weighted by atomic mass is 9.99. The fourth-order valence-electron chi connectivity index (χ4n) is 4.24. The Morgan fingerprint density at radius 1 is 1.00 bits per heavy atom. The number of methoxy groups -OCH3 is 3. The van der Waals surface area contributed by atoms with Crippen molar-refractivity contribution in [2.45, 2.75) is 44.0 Å². The molecule has 1 aliphatic heterocycles. The van der Waals surface area contributed by atoms with E-state index in [1.165, 1.54) is 37.4 Å². The summed E-state index contributed by atoms with van der Waals surface area (Å²) in [6, 6.07) is 11.6. The summed E-state index contributed by atoms with van der Waals surface area (Å²) < 4.78 is 45.3. The SMILES string of the molecule is COc1cccc(N(C(C)CCN2CCC(C)CC2)S(=O)(=O)c2ccc(OC)c(OC)c2)c1. The van der Waals surface area contributed by atoms with Crippen LogP contribution in [0.5, 0.6) is 17.2 Å². The Balaban J connectivity index is 1.94. The molecule has 8 heteroatoms. The normalized spacial score (nSPS) is 16.3. The lowest BCUT2D eigenvalue weighted by Crippen LogP contribution is -2.42. The molecule has 0 bridgehead atoms. The average molecular weight is 477 g/mol. The summed E-state index contributed by atoms with van der Waals surface area (Å²) in [7, 11) is 0.725. The molecule has 0 saturated carbocycles. The molecule has 3 rings (SSSR count). The molecule has 0 N–H and O–H groups in total. The summed E-state index contributed by atoms with van der Waals surface area (Å²) >= 11 is 0. The van der Waals surface area contributed by atoms with E-state index in [4.69, 9.17) is 14.2 Å². The highest BCUT2D eigenvalue weighted by Crippen LogP contribution is 2.34. The first-order valence-corrected chi connectivity index (χ1v) is 12.9. The van der Waals surface area contributed by atoms with Gasteiger partial charge in [-0.1, -0.05) is 13.0 Å². The molecule has 1 aliphatic rings. The molecule has 0 aromatic heterocycles. The number of sulfonamides is 1. The summed E-state index contributed by atoms with van der Waals surface area (Å²) in [5, 5.41) is 0. The van der Waals surface area contributed by atoms with Crippen molar-refractivity contribution >= 4 is 15.7 Å². The highest BCUT2D eigenvalue weighted by Gasteiger charge is 2.31. The Labute approximate surface area is 198 Å². The summed E-state index contributed by atoms with van der Waals surface area (Å²) in [5.41, 5.74) is 0.573. The van der Waals surface area contributed by atoms with Gasteiger partial charge in [-0.05, 0) is 69.5 Å². The number of hydrogen-bond donors (Lipinski definition) is 0. The first-order chi connectivity index (χ1) is 15.8. The summed E-state index contributed by atoms with van der Waals surface area (Å²) in [6.45, 7) is 7.24. The maximum atomic E-state index is 13.9. The Bertz CT molecular complexity index is 1020. The minimum absolute atomic E-state index is 0.154. The number of anilines is 1. The minimum Gasteiger partial charge on any atom is -0.497 e. The second-order valence-corrected chi connectivity index (χ2v) is 10.5. The first kappa shape index (κ1) is 25.2. The number of ether oxygens (including phenoxy) is 3. The number of hydrogen-bond acceptors (Lipinski definition) is 6. The first-order valence-electron chi connectivity index (χ1n) is 11.4. The van der Waals surface area contributed by atoms with Gasteiger partial charge in [0.1, 0.15) is 5.75 Å². The van der Waals surface area contributed by atoms with Crippen LogP contribution in [-0.2, 0) is 10.0 Å². The molecule has 1 atom stereocenters. The van der Waals surface area contributed by atoms with Gasteiger partial charge in [0.15, 0.2) is 11.5 Å². The van der Waals surface area contributed by atoms with Crippen LogP contribution in [0.1, 0.15) is 33.1 Å². The number of nitrogens with zero attached hydrogens (tertiary/aromatic N) is 2. The van der Waals surface area contributed by atoms with Crippen molar-refractivity contribution < 1.29 is 22.6 Å². The van der Waals surface area contributed by atoms with E-state index in [1.54, 1.807) is 31.4 Å². The second kappa shape index (κ2) is 11.1. The highest BCUT2D eigenvalue weighted by atomic mass is 32.2. The average Bonchev–Trinajstić information content (AvgIpc) is 2.83. The molecule has 33 heavy (non-hydrogen) atoms. The van der Waals surface area contributed by atoms with Crippen molar-refractivity contribution in [1.82, 2.24) is 4.90 Å². The highest BCUT2D eigenvalue weighted by molar-refractivity contribution is 7.92. The molecule has 1 unspecified atom stereocenters. The van der Waals surface area contributed by atoms with Crippen LogP contribution in [0.3, 0.4) is 0 Å². The molecule has 2 aromatic carbocycles. The molecule has 2 aromatic rings. The van der Waals surface area contributed by atoms with E-state index in [0.717, 1.165) is 32.0 Å². The second-order valence-electron chi connectivity index (χ2n) is 8.68. The Hall–Kier alpha value is -2.45. The van der Waals surface area contributed by atoms with Crippen LogP contribution in [0.4, 0.5) is 5.69 Å². The molecule has 0 radical (unpaired) electrons. The molecule has 0 spiro atoms. The number of rotatable bonds is 10. The summed E-state index contributed by atoms with van der Waals surface area (Å²) in [4.78, 5) is 2.59. The van der Waals surface area contributed by atoms with Crippen LogP contribution < -0.4 is 18.5 Å². The van der Waals surface area contributed by atoms with E-state index < -0.39 is 10.0 Å². The van der Waals surface area contributed by atoms with E-state index in [2.05, 4.69) is 11.8 Å². The lowest BCUT2D eigenvalue weighted by molar-refractivity contribution is 0.188. The standard InChI is InChI=1S/C25H36N2O5S/c1-19-11-14-26(15-12-19)16-13-20(2)27(21-7-6-8-22(17-21)30-3)33(28,29)23-9-10-24(31-4)25(18-23)32-5/h6-10,17-20H,11-16H2,1-5H3. The third-order valence-electron chi connectivity index (χ3n) is 6.36. The Morgan fingerprint density at radius 3 is 2.33 bits per heavy atom. The molecule has 1 fully saturated rings. The van der Waals surface area contributed by atoms with E-state index in [9.17, 15) is 8.42 Å². The van der Waals surface area contributed by atoms with Crippen LogP contribution in [-0.4, -0.2) is 60.3 Å². The van der Waals surface area contributed by atoms with Crippen molar-refractivity contribution in [3.05, 3.63) is 42.5 Å². The number of likely N-dealkylation sites (tertiary alicyclic amines) is 1. The topological polar surface area (TPSA) is 68.3 Å². The fraction of sp³-hybridized carbons (Fsp3) is 0.520. The van der Waals surface area contributed by atoms with E-state index in [-0.39, 0.29) is 10.9 Å². The van der Waals surface area contributed by atoms with Gasteiger partial charge < -0.3 is 19.1 Å². The third kappa shape index (κ3) is 5.92. The Kier molecular flexibility index (Phi) is 8.48. The van der Waals surface area contributed by atoms with Crippen LogP contribution >= 0.6 is 0 Å². The monoisotopic (exact) mass is 476 g/mol. The number of benzene rings is 2. The number of piperidine rings is 1. The molecule has 7 nitrogen and oxygen atoms in total. The molecular weight excluding hydrogens is 440 g/mol. The van der Waals surface area contributed by atoms with Crippen molar-refractivity contribution in [3.8, 4) is 17.2 Å². The van der Waals surface area contributed by atoms with Crippen molar-refractivity contribution in [1.29, 1.82) is 0 Å². The van der Waals surface area contributed by atoms with Gasteiger partial charge in [0.2, 0.25) is 0 Å². The smallest absolute Gasteiger partial charge is 0.264 e. The van der Waals surface area contributed by atoms with Gasteiger partial charge in [-0.2, -0.15) is 0 Å². The molecule has 1 saturated heterocycles. The lowest BCUT2D eigenvalue weighted by Gasteiger charge is -2.34. The van der Waals surface area contributed by atoms with Crippen molar-refractivity contribution in [2.24, 2.45) is 5.92 Å². The molecule has 0 amide bonds. The third-order valence-corrected chi connectivity index (χ3v) is 8.30. The van der Waals surface area contributed by atoms with Gasteiger partial charge >= 0.3 is 0 Å². The van der Waals surface area contributed by atoms with E-state index in [1.807, 2.05) is 19.1 Å². The zero-order valence-corrected chi connectivity index (χ0v) is 21.1. The quantitative estimate of drug-likeness (QED) is 0.506. The molecular formula is C25H36N2O5S. The van der Waals surface area contributed by atoms with Gasteiger partial charge in [-0.15, -0.1) is 0 Å². The van der Waals surface area contributed by atoms with Gasteiger partial charge in [-0.25, -0.2) is 8.42 Å². The van der Waals surface area contributed by atoms with Gasteiger partial charge in [0.05, 0.1) is 31.9 Å². The van der Waals surface area contributed by atoms with Crippen molar-refractivity contribution in [2.75, 3.05) is 45.3 Å². The van der Waals surface area contributed by atoms with Gasteiger partial charge in [-0.3, -0.25) is 4.31 Å². The summed E-state index contributed by atoms with van der Waals surface area (Å²) in [6.07, 6.45) is 3.11. The maximum absolute atomic E-state index is 13.9. The minimum atomic E-state index is -3.87. The predicted molar refractivity (Wildman–Crippen MR) is 131 cm³/mol. The summed E-state index contributed by atoms with van der Waals surface area (Å²) in [5.74, 6) is 2.23. The zero-order valence-electron chi connectivity index (χ0n) is 20.3. The van der Waals surface area contributed by atoms with Crippen LogP contribution in [0, 0.1) is 5.92 Å². The largest absolute Gasteiger partial charge is 0.497 e. The van der Waals surface area contributed by atoms with Crippen LogP contribution in [0.25, 0.3) is 0 Å². The Morgan fingerprint density at radius 2 is 1.70 bits per heavy atom. The fourth-order valence-corrected chi connectivity index (χ4v) is 5.93. The molecule has 0 aliphatic carbocycles. The van der Waals surface area contributed by atoms with E-state index in [0.29, 0.717) is 22.9 Å². The predicted octanol–water partition coefficient (Wildman–Crippen LogP) is 4.42. The van der Waals surface area contributed by atoms with Crippen molar-refractivity contribution in [3.63, 3.8) is 0 Å². The van der Waals surface area contributed by atoms with E-state index >= 15 is 0 Å². The van der Waals surface area contributed by atoms with Crippen LogP contribution in [0.15, 0.2) is 47.4 Å². The zero-order chi connectivity index (χ0) is 24.0. The maximum Gasteiger partial charge on any atom is 0.264 e. The molecule has 1 heterocycles. The van der Waals surface area contributed by atoms with Gasteiger partial charge in [0, 0.05) is 24.7 Å².